The molecule has 1 aromatic rings. The number of carbonyl (C=O) groups is 1. The van der Waals surface area contributed by atoms with Crippen LogP contribution in [0.25, 0.3) is 0 Å². The summed E-state index contributed by atoms with van der Waals surface area (Å²) >= 11 is 5.84. The molecule has 1 aliphatic carbocycles. The van der Waals surface area contributed by atoms with Gasteiger partial charge in [-0.15, -0.1) is 0 Å². The van der Waals surface area contributed by atoms with Gasteiger partial charge in [-0.1, -0.05) is 23.7 Å². The fraction of sp³-hybridized carbons (Fsp3) is 0.533. The number of nitrogens with one attached hydrogen (secondary N) is 2. The predicted octanol–water partition coefficient (Wildman–Crippen LogP) is 2.54. The van der Waals surface area contributed by atoms with Gasteiger partial charge in [-0.3, -0.25) is 4.79 Å². The third-order valence-corrected chi connectivity index (χ3v) is 5.08. The summed E-state index contributed by atoms with van der Waals surface area (Å²) in [5.74, 6) is -0.286. The molecule has 0 radical (unpaired) electrons. The molecule has 2 fully saturated rings. The molecular formula is C15H16ClF3N2O. The first-order valence-corrected chi connectivity index (χ1v) is 7.44. The first-order chi connectivity index (χ1) is 10.3. The molecule has 7 heteroatoms. The van der Waals surface area contributed by atoms with Gasteiger partial charge < -0.3 is 10.6 Å². The first kappa shape index (κ1) is 15.6. The summed E-state index contributed by atoms with van der Waals surface area (Å²) in [6.45, 7) is 0.295. The molecule has 0 aromatic heterocycles. The van der Waals surface area contributed by atoms with Crippen molar-refractivity contribution >= 4 is 17.5 Å². The summed E-state index contributed by atoms with van der Waals surface area (Å²) in [4.78, 5) is 11.9. The molecule has 2 N–H and O–H groups in total. The lowest BCUT2D eigenvalue weighted by Gasteiger charge is -2.20. The summed E-state index contributed by atoms with van der Waals surface area (Å²) in [6, 6.07) is 6.87. The highest BCUT2D eigenvalue weighted by molar-refractivity contribution is 6.30. The van der Waals surface area contributed by atoms with Gasteiger partial charge in [-0.2, -0.15) is 13.2 Å². The maximum absolute atomic E-state index is 13.2. The molecule has 0 unspecified atom stereocenters. The van der Waals surface area contributed by atoms with E-state index in [1.165, 1.54) is 0 Å². The Balaban J connectivity index is 1.58. The van der Waals surface area contributed by atoms with Gasteiger partial charge in [0.1, 0.15) is 0 Å². The van der Waals surface area contributed by atoms with Gasteiger partial charge in [0, 0.05) is 30.1 Å². The van der Waals surface area contributed by atoms with Gasteiger partial charge in [-0.25, -0.2) is 0 Å². The second kappa shape index (κ2) is 5.13. The smallest absolute Gasteiger partial charge is 0.355 e. The molecule has 1 heterocycles. The molecule has 2 atom stereocenters. The Morgan fingerprint density at radius 3 is 2.77 bits per heavy atom. The number of alkyl halides is 3. The molecule has 1 saturated heterocycles. The number of hydrogen-bond acceptors (Lipinski definition) is 2. The Morgan fingerprint density at radius 1 is 1.36 bits per heavy atom. The van der Waals surface area contributed by atoms with Crippen molar-refractivity contribution < 1.29 is 18.0 Å². The molecule has 2 aliphatic rings. The molecule has 3 nitrogen and oxygen atoms in total. The molecule has 0 spiro atoms. The van der Waals surface area contributed by atoms with E-state index in [0.717, 1.165) is 5.56 Å². The number of carbonyl (C=O) groups excluding carboxylic acids is 1. The zero-order valence-corrected chi connectivity index (χ0v) is 12.5. The van der Waals surface area contributed by atoms with Crippen LogP contribution in [-0.4, -0.2) is 31.7 Å². The normalized spacial score (nSPS) is 30.0. The highest BCUT2D eigenvalue weighted by Crippen LogP contribution is 2.72. The topological polar surface area (TPSA) is 41.1 Å². The van der Waals surface area contributed by atoms with E-state index < -0.39 is 17.0 Å². The van der Waals surface area contributed by atoms with Crippen molar-refractivity contribution in [1.29, 1.82) is 0 Å². The Bertz CT molecular complexity index is 607. The van der Waals surface area contributed by atoms with Gasteiger partial charge in [0.15, 0.2) is 0 Å². The predicted molar refractivity (Wildman–Crippen MR) is 76.6 cm³/mol. The summed E-state index contributed by atoms with van der Waals surface area (Å²) in [5, 5.41) is 5.98. The number of benzene rings is 1. The summed E-state index contributed by atoms with van der Waals surface area (Å²) in [6.07, 6.45) is -4.02. The van der Waals surface area contributed by atoms with E-state index in [-0.39, 0.29) is 31.8 Å². The highest BCUT2D eigenvalue weighted by Gasteiger charge is 2.81. The zero-order valence-electron chi connectivity index (χ0n) is 11.8. The third kappa shape index (κ3) is 2.48. The molecule has 22 heavy (non-hydrogen) atoms. The lowest BCUT2D eigenvalue weighted by atomic mass is 9.95. The molecule has 3 rings (SSSR count). The van der Waals surface area contributed by atoms with Crippen molar-refractivity contribution in [3.63, 3.8) is 0 Å². The molecule has 1 aliphatic heterocycles. The molecule has 1 saturated carbocycles. The number of halogens is 4. The van der Waals surface area contributed by atoms with Crippen LogP contribution in [0.1, 0.15) is 12.0 Å². The molecule has 120 valence electrons. The maximum Gasteiger partial charge on any atom is 0.396 e. The number of amides is 1. The minimum absolute atomic E-state index is 0.0545. The van der Waals surface area contributed by atoms with Crippen LogP contribution in [0.5, 0.6) is 0 Å². The molecule has 0 bridgehead atoms. The third-order valence-electron chi connectivity index (χ3n) is 4.84. The maximum atomic E-state index is 13.2. The van der Waals surface area contributed by atoms with Crippen molar-refractivity contribution in [3.05, 3.63) is 34.9 Å². The van der Waals surface area contributed by atoms with Crippen LogP contribution in [0.4, 0.5) is 13.2 Å². The van der Waals surface area contributed by atoms with Crippen LogP contribution < -0.4 is 10.6 Å². The second-order valence-electron chi connectivity index (χ2n) is 6.22. The van der Waals surface area contributed by atoms with Crippen LogP contribution in [0.15, 0.2) is 24.3 Å². The Morgan fingerprint density at radius 2 is 2.14 bits per heavy atom. The average molecular weight is 333 g/mol. The SMILES string of the molecule is O=C(Cc1cccc(Cl)c1)NC[C@]12CNC[C@@]1(C(F)(F)F)C2. The van der Waals surface area contributed by atoms with Crippen molar-refractivity contribution in [2.24, 2.45) is 10.8 Å². The van der Waals surface area contributed by atoms with Gasteiger partial charge in [0.2, 0.25) is 5.91 Å². The minimum Gasteiger partial charge on any atom is -0.355 e. The van der Waals surface area contributed by atoms with Crippen LogP contribution in [-0.2, 0) is 11.2 Å². The van der Waals surface area contributed by atoms with Gasteiger partial charge in [0.05, 0.1) is 11.8 Å². The van der Waals surface area contributed by atoms with Gasteiger partial charge in [-0.05, 0) is 24.1 Å². The van der Waals surface area contributed by atoms with Crippen LogP contribution in [0.3, 0.4) is 0 Å². The van der Waals surface area contributed by atoms with Crippen molar-refractivity contribution in [3.8, 4) is 0 Å². The van der Waals surface area contributed by atoms with Crippen molar-refractivity contribution in [2.75, 3.05) is 19.6 Å². The number of hydrogen-bond donors (Lipinski definition) is 2. The number of piperidine rings is 1. The molecular weight excluding hydrogens is 317 g/mol. The van der Waals surface area contributed by atoms with Gasteiger partial charge >= 0.3 is 6.18 Å². The fourth-order valence-electron chi connectivity index (χ4n) is 3.49. The second-order valence-corrected chi connectivity index (χ2v) is 6.66. The lowest BCUT2D eigenvalue weighted by Crippen LogP contribution is -2.38. The van der Waals surface area contributed by atoms with Crippen molar-refractivity contribution in [2.45, 2.75) is 19.0 Å². The lowest BCUT2D eigenvalue weighted by molar-refractivity contribution is -0.190. The minimum atomic E-state index is -4.23. The monoisotopic (exact) mass is 332 g/mol. The van der Waals surface area contributed by atoms with E-state index in [1.54, 1.807) is 24.3 Å². The zero-order chi connectivity index (χ0) is 16.0. The summed E-state index contributed by atoms with van der Waals surface area (Å²) < 4.78 is 39.5. The van der Waals surface area contributed by atoms with E-state index in [0.29, 0.717) is 11.6 Å². The van der Waals surface area contributed by atoms with Crippen molar-refractivity contribution in [1.82, 2.24) is 10.6 Å². The molecule has 1 amide bonds. The first-order valence-electron chi connectivity index (χ1n) is 7.07. The fourth-order valence-corrected chi connectivity index (χ4v) is 3.70. The van der Waals surface area contributed by atoms with E-state index in [2.05, 4.69) is 10.6 Å². The largest absolute Gasteiger partial charge is 0.396 e. The summed E-state index contributed by atoms with van der Waals surface area (Å²) in [7, 11) is 0. The summed E-state index contributed by atoms with van der Waals surface area (Å²) in [5.41, 5.74) is -1.80. The van der Waals surface area contributed by atoms with Crippen LogP contribution >= 0.6 is 11.6 Å². The molecule has 1 aromatic carbocycles. The number of rotatable bonds is 4. The quantitative estimate of drug-likeness (QED) is 0.889. The standard InChI is InChI=1S/C15H16ClF3N2O/c16-11-3-1-2-10(4-11)5-12(22)21-8-13-6-14(13,9-20-7-13)15(17,18)19/h1-4,20H,5-9H2,(H,21,22)/t13-,14-/m0/s1. The van der Waals surface area contributed by atoms with Crippen LogP contribution in [0, 0.1) is 10.8 Å². The van der Waals surface area contributed by atoms with Gasteiger partial charge in [0.25, 0.3) is 0 Å². The highest BCUT2D eigenvalue weighted by atomic mass is 35.5. The van der Waals surface area contributed by atoms with E-state index >= 15 is 0 Å². The average Bonchev–Trinajstić information content (AvgIpc) is 2.94. The Hall–Kier alpha value is -1.27. The van der Waals surface area contributed by atoms with Crippen LogP contribution in [0.2, 0.25) is 5.02 Å². The Kier molecular flexibility index (Phi) is 3.64. The number of fused-ring (bicyclic) bond motifs is 1. The van der Waals surface area contributed by atoms with E-state index in [4.69, 9.17) is 11.6 Å². The van der Waals surface area contributed by atoms with E-state index in [9.17, 15) is 18.0 Å². The Labute approximate surface area is 131 Å². The van der Waals surface area contributed by atoms with E-state index in [1.807, 2.05) is 0 Å².